The maximum absolute atomic E-state index is 10.9. The van der Waals surface area contributed by atoms with Crippen LogP contribution in [0, 0.1) is 6.92 Å². The Morgan fingerprint density at radius 1 is 1.25 bits per heavy atom. The molecule has 0 saturated heterocycles. The van der Waals surface area contributed by atoms with E-state index in [4.69, 9.17) is 0 Å². The summed E-state index contributed by atoms with van der Waals surface area (Å²) in [5, 5.41) is 10.9. The van der Waals surface area contributed by atoms with Gasteiger partial charge in [0.15, 0.2) is 0 Å². The van der Waals surface area contributed by atoms with Crippen molar-refractivity contribution in [2.45, 2.75) is 51.0 Å². The summed E-state index contributed by atoms with van der Waals surface area (Å²) in [5.41, 5.74) is 2.21. The summed E-state index contributed by atoms with van der Waals surface area (Å²) in [6.45, 7) is 4.07. The van der Waals surface area contributed by atoms with Gasteiger partial charge >= 0.3 is 0 Å². The first-order valence-electron chi connectivity index (χ1n) is 7.43. The second-order valence-electron chi connectivity index (χ2n) is 6.18. The fraction of sp³-hybridized carbons (Fsp3) is 0.444. The van der Waals surface area contributed by atoms with Gasteiger partial charge in [0.25, 0.3) is 0 Å². The maximum atomic E-state index is 10.9. The lowest BCUT2D eigenvalue weighted by atomic mass is 9.77. The van der Waals surface area contributed by atoms with Crippen LogP contribution in [0.25, 0.3) is 0 Å². The minimum atomic E-state index is -0.714. The first-order chi connectivity index (χ1) is 9.56. The Hall–Kier alpha value is -1.12. The molecule has 1 N–H and O–H groups in total. The second kappa shape index (κ2) is 5.34. The molecule has 0 bridgehead atoms. The number of aliphatic hydroxyl groups is 1. The topological polar surface area (TPSA) is 20.2 Å². The molecule has 1 heterocycles. The predicted molar refractivity (Wildman–Crippen MR) is 85.4 cm³/mol. The summed E-state index contributed by atoms with van der Waals surface area (Å²) in [4.78, 5) is 2.36. The highest BCUT2D eigenvalue weighted by molar-refractivity contribution is 7.12. The van der Waals surface area contributed by atoms with E-state index in [0.717, 1.165) is 11.3 Å². The molecule has 2 atom stereocenters. The van der Waals surface area contributed by atoms with Gasteiger partial charge in [-0.15, -0.1) is 11.3 Å². The number of thiophene rings is 1. The van der Waals surface area contributed by atoms with Crippen molar-refractivity contribution in [2.24, 2.45) is 0 Å². The second-order valence-corrected chi connectivity index (χ2v) is 7.46. The third-order valence-corrected chi connectivity index (χ3v) is 5.66. The molecule has 0 spiro atoms. The van der Waals surface area contributed by atoms with Gasteiger partial charge in [-0.1, -0.05) is 24.3 Å². The number of benzene rings is 1. The molecule has 2 unspecified atom stereocenters. The van der Waals surface area contributed by atoms with Crippen LogP contribution in [0.3, 0.4) is 0 Å². The van der Waals surface area contributed by atoms with Crippen LogP contribution in [0.1, 0.15) is 53.0 Å². The van der Waals surface area contributed by atoms with Crippen molar-refractivity contribution in [1.29, 1.82) is 0 Å². The first kappa shape index (κ1) is 13.8. The van der Waals surface area contributed by atoms with E-state index in [2.05, 4.69) is 43.3 Å². The van der Waals surface area contributed by atoms with Gasteiger partial charge in [0.2, 0.25) is 0 Å². The highest BCUT2D eigenvalue weighted by Gasteiger charge is 2.31. The average Bonchev–Trinajstić information content (AvgIpc) is 2.86. The van der Waals surface area contributed by atoms with E-state index in [1.807, 2.05) is 6.92 Å². The van der Waals surface area contributed by atoms with E-state index in [-0.39, 0.29) is 0 Å². The van der Waals surface area contributed by atoms with E-state index >= 15 is 0 Å². The zero-order chi connectivity index (χ0) is 14.2. The van der Waals surface area contributed by atoms with Crippen LogP contribution >= 0.6 is 11.3 Å². The molecule has 1 aliphatic carbocycles. The average molecular weight is 286 g/mol. The molecule has 1 aliphatic rings. The number of hydrogen-bond donors (Lipinski definition) is 1. The Morgan fingerprint density at radius 3 is 2.80 bits per heavy atom. The smallest absolute Gasteiger partial charge is 0.0965 e. The summed E-state index contributed by atoms with van der Waals surface area (Å²) in [5.74, 6) is 0.484. The van der Waals surface area contributed by atoms with E-state index in [0.29, 0.717) is 5.92 Å². The van der Waals surface area contributed by atoms with Crippen molar-refractivity contribution in [3.05, 3.63) is 57.3 Å². The van der Waals surface area contributed by atoms with Gasteiger partial charge < -0.3 is 5.11 Å². The summed E-state index contributed by atoms with van der Waals surface area (Å²) in [7, 11) is 0. The largest absolute Gasteiger partial charge is 0.385 e. The van der Waals surface area contributed by atoms with Gasteiger partial charge in [0.1, 0.15) is 0 Å². The minimum absolute atomic E-state index is 0.484. The number of hydrogen-bond acceptors (Lipinski definition) is 2. The molecule has 3 rings (SSSR count). The first-order valence-corrected chi connectivity index (χ1v) is 8.25. The van der Waals surface area contributed by atoms with Crippen LogP contribution in [0.15, 0.2) is 36.4 Å². The number of rotatable bonds is 3. The fourth-order valence-electron chi connectivity index (χ4n) is 3.37. The maximum Gasteiger partial charge on any atom is 0.0965 e. The predicted octanol–water partition coefficient (Wildman–Crippen LogP) is 4.77. The Labute approximate surface area is 125 Å². The lowest BCUT2D eigenvalue weighted by Crippen LogP contribution is -2.25. The lowest BCUT2D eigenvalue weighted by Gasteiger charge is -2.32. The summed E-state index contributed by atoms with van der Waals surface area (Å²) < 4.78 is 0. The van der Waals surface area contributed by atoms with Crippen LogP contribution in [-0.2, 0) is 12.0 Å². The van der Waals surface area contributed by atoms with Crippen molar-refractivity contribution in [1.82, 2.24) is 0 Å². The van der Waals surface area contributed by atoms with Crippen LogP contribution in [0.4, 0.5) is 0 Å². The van der Waals surface area contributed by atoms with Crippen LogP contribution < -0.4 is 0 Å². The van der Waals surface area contributed by atoms with Crippen molar-refractivity contribution in [3.8, 4) is 0 Å². The Bertz CT molecular complexity index is 597. The van der Waals surface area contributed by atoms with Crippen molar-refractivity contribution < 1.29 is 5.11 Å². The third-order valence-electron chi connectivity index (χ3n) is 4.41. The molecule has 106 valence electrons. The van der Waals surface area contributed by atoms with Gasteiger partial charge in [-0.3, -0.25) is 0 Å². The number of aryl methyl sites for hydroxylation is 2. The highest BCUT2D eigenvalue weighted by atomic mass is 32.1. The van der Waals surface area contributed by atoms with Crippen molar-refractivity contribution in [3.63, 3.8) is 0 Å². The van der Waals surface area contributed by atoms with Gasteiger partial charge in [-0.05, 0) is 68.7 Å². The Morgan fingerprint density at radius 2 is 2.05 bits per heavy atom. The van der Waals surface area contributed by atoms with Gasteiger partial charge in [0.05, 0.1) is 5.60 Å². The fourth-order valence-corrected chi connectivity index (χ4v) is 4.29. The SMILES string of the molecule is Cc1ccc(C(C)(O)CC2CCCc3ccccc32)s1. The monoisotopic (exact) mass is 286 g/mol. The van der Waals surface area contributed by atoms with Crippen LogP contribution in [0.2, 0.25) is 0 Å². The van der Waals surface area contributed by atoms with E-state index < -0.39 is 5.60 Å². The van der Waals surface area contributed by atoms with E-state index in [9.17, 15) is 5.11 Å². The zero-order valence-corrected chi connectivity index (χ0v) is 13.0. The van der Waals surface area contributed by atoms with Gasteiger partial charge in [0, 0.05) is 9.75 Å². The van der Waals surface area contributed by atoms with Gasteiger partial charge in [-0.25, -0.2) is 0 Å². The molecule has 2 aromatic rings. The van der Waals surface area contributed by atoms with Gasteiger partial charge in [-0.2, -0.15) is 0 Å². The summed E-state index contributed by atoms with van der Waals surface area (Å²) in [6.07, 6.45) is 4.44. The molecule has 0 fully saturated rings. The quantitative estimate of drug-likeness (QED) is 0.861. The third kappa shape index (κ3) is 2.68. The number of fused-ring (bicyclic) bond motifs is 1. The molecule has 1 aromatic heterocycles. The molecule has 1 nitrogen and oxygen atoms in total. The molecule has 0 amide bonds. The molecule has 0 aliphatic heterocycles. The summed E-state index contributed by atoms with van der Waals surface area (Å²) >= 11 is 1.71. The Kier molecular flexibility index (Phi) is 3.70. The van der Waals surface area contributed by atoms with E-state index in [1.165, 1.54) is 35.3 Å². The standard InChI is InChI=1S/C18H22OS/c1-13-10-11-17(20-13)18(2,19)12-15-8-5-7-14-6-3-4-9-16(14)15/h3-4,6,9-11,15,19H,5,7-8,12H2,1-2H3. The molecule has 0 radical (unpaired) electrons. The van der Waals surface area contributed by atoms with E-state index in [1.54, 1.807) is 11.3 Å². The molecular weight excluding hydrogens is 264 g/mol. The minimum Gasteiger partial charge on any atom is -0.385 e. The van der Waals surface area contributed by atoms with Crippen molar-refractivity contribution in [2.75, 3.05) is 0 Å². The molecule has 1 aromatic carbocycles. The van der Waals surface area contributed by atoms with Crippen LogP contribution in [0.5, 0.6) is 0 Å². The Balaban J connectivity index is 1.85. The molecule has 2 heteroatoms. The summed E-state index contributed by atoms with van der Waals surface area (Å²) in [6, 6.07) is 12.9. The normalized spacial score (nSPS) is 21.2. The zero-order valence-electron chi connectivity index (χ0n) is 12.2. The molecule has 20 heavy (non-hydrogen) atoms. The highest BCUT2D eigenvalue weighted by Crippen LogP contribution is 2.41. The molecule has 0 saturated carbocycles. The van der Waals surface area contributed by atoms with Crippen LogP contribution in [-0.4, -0.2) is 5.11 Å². The lowest BCUT2D eigenvalue weighted by molar-refractivity contribution is 0.0417. The molecular formula is C18H22OS. The van der Waals surface area contributed by atoms with Crippen molar-refractivity contribution >= 4 is 11.3 Å².